The number of nitrogens with zero attached hydrogens (tertiary/aromatic N) is 2. The molecule has 0 unspecified atom stereocenters. The van der Waals surface area contributed by atoms with Crippen LogP contribution in [0.3, 0.4) is 0 Å². The fourth-order valence-electron chi connectivity index (χ4n) is 3.03. The van der Waals surface area contributed by atoms with E-state index in [-0.39, 0.29) is 11.7 Å². The van der Waals surface area contributed by atoms with Gasteiger partial charge in [0.25, 0.3) is 5.91 Å². The van der Waals surface area contributed by atoms with Crippen LogP contribution in [-0.4, -0.2) is 32.5 Å². The molecule has 2 aromatic heterocycles. The molecule has 0 bridgehead atoms. The number of imidazole rings is 1. The maximum atomic E-state index is 12.7. The Bertz CT molecular complexity index is 1210. The minimum atomic E-state index is -0.252. The SMILES string of the molecule is O=C(NCCc1cccc(O)c1)c1ccnc2[nH]c(-c3ccc(Cl)cc3Cl)nc12. The maximum Gasteiger partial charge on any atom is 0.253 e. The summed E-state index contributed by atoms with van der Waals surface area (Å²) >= 11 is 12.2. The first-order valence-corrected chi connectivity index (χ1v) is 9.63. The smallest absolute Gasteiger partial charge is 0.253 e. The van der Waals surface area contributed by atoms with E-state index in [2.05, 4.69) is 20.3 Å². The number of carbonyl (C=O) groups is 1. The van der Waals surface area contributed by atoms with Crippen molar-refractivity contribution in [3.05, 3.63) is 75.9 Å². The second-order valence-corrected chi connectivity index (χ2v) is 7.28. The molecule has 0 aliphatic carbocycles. The molecule has 0 fully saturated rings. The van der Waals surface area contributed by atoms with Crippen molar-refractivity contribution in [1.29, 1.82) is 0 Å². The fraction of sp³-hybridized carbons (Fsp3) is 0.0952. The van der Waals surface area contributed by atoms with Gasteiger partial charge >= 0.3 is 0 Å². The van der Waals surface area contributed by atoms with Crippen LogP contribution in [0, 0.1) is 0 Å². The number of hydrogen-bond acceptors (Lipinski definition) is 4. The molecular weight excluding hydrogens is 411 g/mol. The van der Waals surface area contributed by atoms with Crippen molar-refractivity contribution in [2.24, 2.45) is 0 Å². The fourth-order valence-corrected chi connectivity index (χ4v) is 3.53. The molecule has 2 aromatic carbocycles. The van der Waals surface area contributed by atoms with Gasteiger partial charge in [0, 0.05) is 23.3 Å². The molecular formula is C21H16Cl2N4O2. The number of phenolic OH excluding ortho intramolecular Hbond substituents is 1. The zero-order valence-electron chi connectivity index (χ0n) is 15.1. The Balaban J connectivity index is 1.55. The van der Waals surface area contributed by atoms with Crippen molar-refractivity contribution < 1.29 is 9.90 Å². The van der Waals surface area contributed by atoms with Crippen molar-refractivity contribution in [2.75, 3.05) is 6.54 Å². The quantitative estimate of drug-likeness (QED) is 0.434. The second kappa shape index (κ2) is 8.11. The standard InChI is InChI=1S/C21H16Cl2N4O2/c22-13-4-5-15(17(23)11-13)19-26-18-16(7-9-24-20(18)27-19)21(29)25-8-6-12-2-1-3-14(28)10-12/h1-5,7,9-11,28H,6,8H2,(H,25,29)(H,24,26,27). The summed E-state index contributed by atoms with van der Waals surface area (Å²) in [5.41, 5.74) is 2.97. The zero-order chi connectivity index (χ0) is 20.4. The van der Waals surface area contributed by atoms with Crippen LogP contribution in [-0.2, 0) is 6.42 Å². The van der Waals surface area contributed by atoms with Crippen molar-refractivity contribution in [3.8, 4) is 17.1 Å². The number of benzene rings is 2. The third-order valence-corrected chi connectivity index (χ3v) is 4.97. The summed E-state index contributed by atoms with van der Waals surface area (Å²) in [6.07, 6.45) is 2.15. The lowest BCUT2D eigenvalue weighted by Gasteiger charge is -2.06. The highest BCUT2D eigenvalue weighted by Crippen LogP contribution is 2.30. The van der Waals surface area contributed by atoms with E-state index in [1.807, 2.05) is 6.07 Å². The Labute approximate surface area is 176 Å². The lowest BCUT2D eigenvalue weighted by atomic mass is 10.1. The van der Waals surface area contributed by atoms with Crippen molar-refractivity contribution in [3.63, 3.8) is 0 Å². The number of carbonyl (C=O) groups excluding carboxylic acids is 1. The van der Waals surface area contributed by atoms with Gasteiger partial charge in [0.05, 0.1) is 10.6 Å². The molecule has 4 aromatic rings. The van der Waals surface area contributed by atoms with E-state index in [0.29, 0.717) is 51.1 Å². The monoisotopic (exact) mass is 426 g/mol. The highest BCUT2D eigenvalue weighted by molar-refractivity contribution is 6.36. The molecule has 6 nitrogen and oxygen atoms in total. The average molecular weight is 427 g/mol. The van der Waals surface area contributed by atoms with E-state index in [1.165, 1.54) is 0 Å². The van der Waals surface area contributed by atoms with E-state index in [9.17, 15) is 9.90 Å². The van der Waals surface area contributed by atoms with Gasteiger partial charge in [-0.05, 0) is 48.4 Å². The number of aromatic hydroxyl groups is 1. The number of fused-ring (bicyclic) bond motifs is 1. The molecule has 0 saturated carbocycles. The lowest BCUT2D eigenvalue weighted by molar-refractivity contribution is 0.0955. The zero-order valence-corrected chi connectivity index (χ0v) is 16.6. The summed E-state index contributed by atoms with van der Waals surface area (Å²) in [4.78, 5) is 24.6. The Morgan fingerprint density at radius 1 is 1.14 bits per heavy atom. The number of phenols is 1. The summed E-state index contributed by atoms with van der Waals surface area (Å²) in [6.45, 7) is 0.423. The van der Waals surface area contributed by atoms with Crippen LogP contribution < -0.4 is 5.32 Å². The minimum Gasteiger partial charge on any atom is -0.508 e. The van der Waals surface area contributed by atoms with Crippen LogP contribution in [0.2, 0.25) is 10.0 Å². The van der Waals surface area contributed by atoms with Gasteiger partial charge in [0.15, 0.2) is 5.65 Å². The number of hydrogen-bond donors (Lipinski definition) is 3. The molecule has 0 aliphatic heterocycles. The van der Waals surface area contributed by atoms with Gasteiger partial charge in [0.1, 0.15) is 17.1 Å². The number of H-pyrrole nitrogens is 1. The van der Waals surface area contributed by atoms with Crippen LogP contribution in [0.25, 0.3) is 22.6 Å². The van der Waals surface area contributed by atoms with Gasteiger partial charge < -0.3 is 15.4 Å². The highest BCUT2D eigenvalue weighted by atomic mass is 35.5. The van der Waals surface area contributed by atoms with E-state index in [4.69, 9.17) is 23.2 Å². The largest absolute Gasteiger partial charge is 0.508 e. The molecule has 29 heavy (non-hydrogen) atoms. The molecule has 0 aliphatic rings. The minimum absolute atomic E-state index is 0.203. The van der Waals surface area contributed by atoms with Crippen molar-refractivity contribution in [1.82, 2.24) is 20.3 Å². The van der Waals surface area contributed by atoms with E-state index >= 15 is 0 Å². The van der Waals surface area contributed by atoms with Crippen molar-refractivity contribution >= 4 is 40.3 Å². The predicted molar refractivity (Wildman–Crippen MR) is 113 cm³/mol. The number of nitrogens with one attached hydrogen (secondary N) is 2. The third-order valence-electron chi connectivity index (χ3n) is 4.43. The second-order valence-electron chi connectivity index (χ2n) is 6.44. The first-order valence-electron chi connectivity index (χ1n) is 8.87. The molecule has 2 heterocycles. The topological polar surface area (TPSA) is 90.9 Å². The van der Waals surface area contributed by atoms with Gasteiger partial charge in [-0.3, -0.25) is 4.79 Å². The summed E-state index contributed by atoms with van der Waals surface area (Å²) in [5.74, 6) is 0.460. The van der Waals surface area contributed by atoms with Gasteiger partial charge in [-0.15, -0.1) is 0 Å². The summed E-state index contributed by atoms with van der Waals surface area (Å²) < 4.78 is 0. The van der Waals surface area contributed by atoms with E-state index in [1.54, 1.807) is 48.7 Å². The van der Waals surface area contributed by atoms with Crippen LogP contribution in [0.4, 0.5) is 0 Å². The summed E-state index contributed by atoms with van der Waals surface area (Å²) in [7, 11) is 0. The molecule has 8 heteroatoms. The normalized spacial score (nSPS) is 11.0. The summed E-state index contributed by atoms with van der Waals surface area (Å²) in [5, 5.41) is 13.4. The van der Waals surface area contributed by atoms with Gasteiger partial charge in [-0.2, -0.15) is 0 Å². The average Bonchev–Trinajstić information content (AvgIpc) is 3.11. The van der Waals surface area contributed by atoms with Gasteiger partial charge in [-0.1, -0.05) is 35.3 Å². The number of rotatable bonds is 5. The highest BCUT2D eigenvalue weighted by Gasteiger charge is 2.16. The first kappa shape index (κ1) is 19.2. The number of amides is 1. The molecule has 0 atom stereocenters. The Morgan fingerprint density at radius 2 is 2.00 bits per heavy atom. The van der Waals surface area contributed by atoms with Crippen LogP contribution in [0.1, 0.15) is 15.9 Å². The maximum absolute atomic E-state index is 12.7. The Kier molecular flexibility index (Phi) is 5.38. The number of pyridine rings is 1. The number of aromatic amines is 1. The molecule has 3 N–H and O–H groups in total. The van der Waals surface area contributed by atoms with Crippen LogP contribution >= 0.6 is 23.2 Å². The lowest BCUT2D eigenvalue weighted by Crippen LogP contribution is -2.26. The van der Waals surface area contributed by atoms with Crippen LogP contribution in [0.5, 0.6) is 5.75 Å². The van der Waals surface area contributed by atoms with Crippen LogP contribution in [0.15, 0.2) is 54.7 Å². The first-order chi connectivity index (χ1) is 14.0. The molecule has 0 saturated heterocycles. The molecule has 1 amide bonds. The van der Waals surface area contributed by atoms with E-state index in [0.717, 1.165) is 5.56 Å². The van der Waals surface area contributed by atoms with Gasteiger partial charge in [0.2, 0.25) is 0 Å². The molecule has 0 spiro atoms. The number of halogens is 2. The van der Waals surface area contributed by atoms with E-state index < -0.39 is 0 Å². The predicted octanol–water partition coefficient (Wildman–Crippen LogP) is 4.61. The van der Waals surface area contributed by atoms with Gasteiger partial charge in [-0.25, -0.2) is 9.97 Å². The Hall–Kier alpha value is -3.09. The third kappa shape index (κ3) is 4.18. The molecule has 0 radical (unpaired) electrons. The Morgan fingerprint density at radius 3 is 2.79 bits per heavy atom. The molecule has 4 rings (SSSR count). The number of aromatic nitrogens is 3. The molecule has 146 valence electrons. The summed E-state index contributed by atoms with van der Waals surface area (Å²) in [6, 6.07) is 13.7. The van der Waals surface area contributed by atoms with Crippen molar-refractivity contribution in [2.45, 2.75) is 6.42 Å².